The number of carbonyl (C=O) groups excluding carboxylic acids is 1. The normalized spacial score (nSPS) is 25.8. The Kier molecular flexibility index (Phi) is 6.24. The predicted molar refractivity (Wildman–Crippen MR) is 51.5 cm³/mol. The van der Waals surface area contributed by atoms with Gasteiger partial charge in [-0.1, -0.05) is 19.9 Å². The zero-order valence-corrected chi connectivity index (χ0v) is 8.74. The summed E-state index contributed by atoms with van der Waals surface area (Å²) in [6.07, 6.45) is 3.69. The zero-order chi connectivity index (χ0) is 10.3. The van der Waals surface area contributed by atoms with Crippen molar-refractivity contribution in [3.05, 3.63) is 12.2 Å². The second-order valence-electron chi connectivity index (χ2n) is 2.57. The number of hydrogen-bond acceptors (Lipinski definition) is 3. The largest absolute Gasteiger partial charge is 0.456 e. The third-order valence-corrected chi connectivity index (χ3v) is 1.44. The molecule has 0 radical (unpaired) electrons. The molecule has 0 aromatic heterocycles. The van der Waals surface area contributed by atoms with Gasteiger partial charge in [-0.05, 0) is 13.0 Å². The molecule has 3 heteroatoms. The molecule has 0 fully saturated rings. The van der Waals surface area contributed by atoms with Gasteiger partial charge < -0.3 is 9.47 Å². The van der Waals surface area contributed by atoms with Crippen molar-refractivity contribution in [3.8, 4) is 0 Å². The van der Waals surface area contributed by atoms with E-state index in [0.717, 1.165) is 0 Å². The summed E-state index contributed by atoms with van der Waals surface area (Å²) in [6.45, 7) is 7.81. The monoisotopic (exact) mass is 186 g/mol. The third-order valence-electron chi connectivity index (χ3n) is 1.44. The van der Waals surface area contributed by atoms with Crippen LogP contribution in [0.15, 0.2) is 12.2 Å². The lowest BCUT2D eigenvalue weighted by Gasteiger charge is -2.20. The molecule has 2 unspecified atom stereocenters. The van der Waals surface area contributed by atoms with Gasteiger partial charge in [-0.15, -0.1) is 0 Å². The second kappa shape index (κ2) is 6.66. The maximum absolute atomic E-state index is 10.5. The maximum Gasteiger partial charge on any atom is 0.303 e. The molecule has 1 aliphatic rings. The fraction of sp³-hybridized carbons (Fsp3) is 0.700. The van der Waals surface area contributed by atoms with Crippen molar-refractivity contribution in [3.63, 3.8) is 0 Å². The molecule has 1 aliphatic heterocycles. The highest BCUT2D eigenvalue weighted by Crippen LogP contribution is 2.07. The van der Waals surface area contributed by atoms with E-state index in [-0.39, 0.29) is 18.2 Å². The Morgan fingerprint density at radius 3 is 2.46 bits per heavy atom. The van der Waals surface area contributed by atoms with Gasteiger partial charge in [-0.25, -0.2) is 0 Å². The molecule has 2 atom stereocenters. The summed E-state index contributed by atoms with van der Waals surface area (Å²) >= 11 is 0. The quantitative estimate of drug-likeness (QED) is 0.463. The standard InChI is InChI=1S/C8H12O3.C2H6/c1-6-3-4-8(5-10-6)11-7(2)9;1-2/h3-4,6,8H,5H2,1-2H3;1-2H3. The minimum absolute atomic E-state index is 0.141. The Balaban J connectivity index is 0.000000671. The predicted octanol–water partition coefficient (Wildman–Crippen LogP) is 1.92. The summed E-state index contributed by atoms with van der Waals surface area (Å²) in [5.41, 5.74) is 0. The van der Waals surface area contributed by atoms with Crippen molar-refractivity contribution in [2.75, 3.05) is 6.61 Å². The first-order valence-electron chi connectivity index (χ1n) is 4.65. The topological polar surface area (TPSA) is 35.5 Å². The van der Waals surface area contributed by atoms with Gasteiger partial charge in [0.15, 0.2) is 0 Å². The molecule has 0 amide bonds. The van der Waals surface area contributed by atoms with Gasteiger partial charge in [-0.2, -0.15) is 0 Å². The summed E-state index contributed by atoms with van der Waals surface area (Å²) < 4.78 is 10.1. The number of carbonyl (C=O) groups is 1. The molecule has 3 nitrogen and oxygen atoms in total. The van der Waals surface area contributed by atoms with E-state index in [1.165, 1.54) is 6.92 Å². The minimum atomic E-state index is -0.266. The first-order valence-corrected chi connectivity index (χ1v) is 4.65. The molecular formula is C10H18O3. The molecule has 0 aromatic rings. The van der Waals surface area contributed by atoms with Crippen LogP contribution < -0.4 is 0 Å². The van der Waals surface area contributed by atoms with Gasteiger partial charge in [0.1, 0.15) is 6.10 Å². The molecule has 0 saturated carbocycles. The highest BCUT2D eigenvalue weighted by molar-refractivity contribution is 5.66. The van der Waals surface area contributed by atoms with Crippen LogP contribution in [0.1, 0.15) is 27.7 Å². The summed E-state index contributed by atoms with van der Waals surface area (Å²) in [5.74, 6) is -0.266. The Labute approximate surface area is 79.7 Å². The lowest BCUT2D eigenvalue weighted by atomic mass is 10.2. The van der Waals surface area contributed by atoms with Crippen LogP contribution in [0.25, 0.3) is 0 Å². The van der Waals surface area contributed by atoms with Crippen molar-refractivity contribution in [2.24, 2.45) is 0 Å². The highest BCUT2D eigenvalue weighted by atomic mass is 16.6. The fourth-order valence-electron chi connectivity index (χ4n) is 0.925. The number of rotatable bonds is 1. The van der Waals surface area contributed by atoms with Gasteiger partial charge >= 0.3 is 5.97 Å². The Morgan fingerprint density at radius 1 is 1.46 bits per heavy atom. The van der Waals surface area contributed by atoms with Gasteiger partial charge in [0, 0.05) is 6.92 Å². The fourth-order valence-corrected chi connectivity index (χ4v) is 0.925. The minimum Gasteiger partial charge on any atom is -0.456 e. The van der Waals surface area contributed by atoms with Gasteiger partial charge in [0.05, 0.1) is 12.7 Å². The Morgan fingerprint density at radius 2 is 2.08 bits per heavy atom. The summed E-state index contributed by atoms with van der Waals surface area (Å²) in [7, 11) is 0. The molecule has 0 spiro atoms. The Hall–Kier alpha value is -0.830. The van der Waals surface area contributed by atoms with E-state index in [0.29, 0.717) is 6.61 Å². The average molecular weight is 186 g/mol. The summed E-state index contributed by atoms with van der Waals surface area (Å²) in [6, 6.07) is 0. The smallest absolute Gasteiger partial charge is 0.303 e. The first kappa shape index (κ1) is 12.2. The second-order valence-corrected chi connectivity index (χ2v) is 2.57. The van der Waals surface area contributed by atoms with Crippen LogP contribution in [0.3, 0.4) is 0 Å². The number of ether oxygens (including phenoxy) is 2. The highest BCUT2D eigenvalue weighted by Gasteiger charge is 2.14. The van der Waals surface area contributed by atoms with E-state index in [4.69, 9.17) is 9.47 Å². The molecule has 1 rings (SSSR count). The van der Waals surface area contributed by atoms with Crippen molar-refractivity contribution in [1.82, 2.24) is 0 Å². The third kappa shape index (κ3) is 5.42. The van der Waals surface area contributed by atoms with E-state index in [9.17, 15) is 4.79 Å². The van der Waals surface area contributed by atoms with Gasteiger partial charge in [-0.3, -0.25) is 4.79 Å². The Bertz CT molecular complexity index is 175. The van der Waals surface area contributed by atoms with Crippen molar-refractivity contribution >= 4 is 5.97 Å². The molecule has 13 heavy (non-hydrogen) atoms. The van der Waals surface area contributed by atoms with Crippen LogP contribution in [-0.4, -0.2) is 24.8 Å². The summed E-state index contributed by atoms with van der Waals surface area (Å²) in [5, 5.41) is 0. The van der Waals surface area contributed by atoms with E-state index < -0.39 is 0 Å². The van der Waals surface area contributed by atoms with E-state index in [2.05, 4.69) is 0 Å². The molecule has 0 N–H and O–H groups in total. The van der Waals surface area contributed by atoms with Gasteiger partial charge in [0.2, 0.25) is 0 Å². The van der Waals surface area contributed by atoms with Crippen LogP contribution >= 0.6 is 0 Å². The zero-order valence-electron chi connectivity index (χ0n) is 8.74. The number of esters is 1. The van der Waals surface area contributed by atoms with E-state index in [1.807, 2.05) is 32.9 Å². The molecule has 76 valence electrons. The molecular weight excluding hydrogens is 168 g/mol. The van der Waals surface area contributed by atoms with Crippen LogP contribution in [-0.2, 0) is 14.3 Å². The van der Waals surface area contributed by atoms with E-state index >= 15 is 0 Å². The molecule has 0 saturated heterocycles. The molecule has 0 bridgehead atoms. The van der Waals surface area contributed by atoms with Crippen LogP contribution in [0, 0.1) is 0 Å². The molecule has 1 heterocycles. The van der Waals surface area contributed by atoms with Crippen LogP contribution in [0.5, 0.6) is 0 Å². The summed E-state index contributed by atoms with van der Waals surface area (Å²) in [4.78, 5) is 10.5. The van der Waals surface area contributed by atoms with Crippen molar-refractivity contribution < 1.29 is 14.3 Å². The van der Waals surface area contributed by atoms with Gasteiger partial charge in [0.25, 0.3) is 0 Å². The van der Waals surface area contributed by atoms with Crippen molar-refractivity contribution in [1.29, 1.82) is 0 Å². The maximum atomic E-state index is 10.5. The molecule has 0 aromatic carbocycles. The lowest BCUT2D eigenvalue weighted by molar-refractivity contribution is -0.147. The molecule has 0 aliphatic carbocycles. The van der Waals surface area contributed by atoms with E-state index in [1.54, 1.807) is 0 Å². The van der Waals surface area contributed by atoms with Crippen LogP contribution in [0.2, 0.25) is 0 Å². The first-order chi connectivity index (χ1) is 6.18. The van der Waals surface area contributed by atoms with Crippen LogP contribution in [0.4, 0.5) is 0 Å². The SMILES string of the molecule is CC.CC(=O)OC1C=CC(C)OC1. The lowest BCUT2D eigenvalue weighted by Crippen LogP contribution is -2.26. The average Bonchev–Trinajstić information content (AvgIpc) is 2.12. The number of hydrogen-bond donors (Lipinski definition) is 0. The van der Waals surface area contributed by atoms with Crippen molar-refractivity contribution in [2.45, 2.75) is 39.9 Å².